The first kappa shape index (κ1) is 15.9. The minimum atomic E-state index is -3.80. The van der Waals surface area contributed by atoms with Crippen LogP contribution < -0.4 is 10.5 Å². The molecule has 7 heteroatoms. The maximum atomic E-state index is 11.7. The van der Waals surface area contributed by atoms with E-state index in [1.165, 1.54) is 18.2 Å². The number of nitrogens with one attached hydrogen (secondary N) is 1. The first-order valence-corrected chi connectivity index (χ1v) is 7.54. The Morgan fingerprint density at radius 2 is 1.95 bits per heavy atom. The standard InChI is InChI=1S/C12H17ClN2O3S/c1-12(2,3)7-11(16)15-10-5-4-8(6-9(10)13)19(14,17)18/h4-6H,7H2,1-3H3,(H,15,16)(H2,14,17,18). The Kier molecular flexibility index (Phi) is 4.60. The number of nitrogens with two attached hydrogens (primary N) is 1. The maximum absolute atomic E-state index is 11.7. The number of sulfonamides is 1. The van der Waals surface area contributed by atoms with Crippen LogP contribution >= 0.6 is 11.6 Å². The van der Waals surface area contributed by atoms with Gasteiger partial charge in [-0.2, -0.15) is 0 Å². The first-order valence-electron chi connectivity index (χ1n) is 5.61. The van der Waals surface area contributed by atoms with Crippen LogP contribution in [-0.4, -0.2) is 14.3 Å². The minimum Gasteiger partial charge on any atom is -0.325 e. The van der Waals surface area contributed by atoms with Gasteiger partial charge in [0.25, 0.3) is 0 Å². The van der Waals surface area contributed by atoms with Gasteiger partial charge in [0.15, 0.2) is 0 Å². The van der Waals surface area contributed by atoms with Gasteiger partial charge in [0, 0.05) is 6.42 Å². The molecule has 106 valence electrons. The fourth-order valence-electron chi connectivity index (χ4n) is 1.45. The van der Waals surface area contributed by atoms with Crippen molar-refractivity contribution in [2.24, 2.45) is 10.6 Å². The summed E-state index contributed by atoms with van der Waals surface area (Å²) in [6.07, 6.45) is 0.334. The van der Waals surface area contributed by atoms with Crippen molar-refractivity contribution in [3.05, 3.63) is 23.2 Å². The van der Waals surface area contributed by atoms with E-state index in [0.29, 0.717) is 12.1 Å². The number of rotatable bonds is 3. The summed E-state index contributed by atoms with van der Waals surface area (Å²) >= 11 is 5.92. The predicted octanol–water partition coefficient (Wildman–Crippen LogP) is 2.36. The molecule has 0 spiro atoms. The summed E-state index contributed by atoms with van der Waals surface area (Å²) in [7, 11) is -3.80. The van der Waals surface area contributed by atoms with Crippen LogP contribution in [0.15, 0.2) is 23.1 Å². The summed E-state index contributed by atoms with van der Waals surface area (Å²) in [5, 5.41) is 7.76. The average Bonchev–Trinajstić information content (AvgIpc) is 2.16. The zero-order valence-corrected chi connectivity index (χ0v) is 12.6. The summed E-state index contributed by atoms with van der Waals surface area (Å²) < 4.78 is 22.3. The average molecular weight is 305 g/mol. The van der Waals surface area contributed by atoms with Crippen molar-refractivity contribution in [2.45, 2.75) is 32.1 Å². The lowest BCUT2D eigenvalue weighted by molar-refractivity contribution is -0.117. The maximum Gasteiger partial charge on any atom is 0.238 e. The summed E-state index contributed by atoms with van der Waals surface area (Å²) in [5.41, 5.74) is 0.222. The van der Waals surface area contributed by atoms with Crippen LogP contribution in [0.3, 0.4) is 0 Å². The smallest absolute Gasteiger partial charge is 0.238 e. The van der Waals surface area contributed by atoms with Crippen LogP contribution in [-0.2, 0) is 14.8 Å². The molecule has 0 atom stereocenters. The molecular formula is C12H17ClN2O3S. The molecule has 0 bridgehead atoms. The molecule has 0 aromatic heterocycles. The largest absolute Gasteiger partial charge is 0.325 e. The summed E-state index contributed by atoms with van der Waals surface area (Å²) in [5.74, 6) is -0.183. The number of primary sulfonamides is 1. The Morgan fingerprint density at radius 1 is 1.37 bits per heavy atom. The van der Waals surface area contributed by atoms with Gasteiger partial charge >= 0.3 is 0 Å². The monoisotopic (exact) mass is 304 g/mol. The second kappa shape index (κ2) is 5.48. The van der Waals surface area contributed by atoms with E-state index in [0.717, 1.165) is 0 Å². The van der Waals surface area contributed by atoms with Gasteiger partial charge in [-0.1, -0.05) is 32.4 Å². The van der Waals surface area contributed by atoms with Crippen molar-refractivity contribution in [3.8, 4) is 0 Å². The number of hydrogen-bond acceptors (Lipinski definition) is 3. The molecule has 19 heavy (non-hydrogen) atoms. The van der Waals surface area contributed by atoms with Gasteiger partial charge in [-0.05, 0) is 23.6 Å². The lowest BCUT2D eigenvalue weighted by Crippen LogP contribution is -2.20. The molecule has 5 nitrogen and oxygen atoms in total. The van der Waals surface area contributed by atoms with Gasteiger partial charge in [-0.25, -0.2) is 13.6 Å². The number of carbonyl (C=O) groups excluding carboxylic acids is 1. The Morgan fingerprint density at radius 3 is 2.37 bits per heavy atom. The van der Waals surface area contributed by atoms with E-state index < -0.39 is 10.0 Å². The van der Waals surface area contributed by atoms with E-state index in [9.17, 15) is 13.2 Å². The molecule has 1 rings (SSSR count). The highest BCUT2D eigenvalue weighted by Crippen LogP contribution is 2.26. The summed E-state index contributed by atoms with van der Waals surface area (Å²) in [4.78, 5) is 11.7. The van der Waals surface area contributed by atoms with E-state index in [1.54, 1.807) is 0 Å². The molecule has 1 amide bonds. The van der Waals surface area contributed by atoms with Crippen LogP contribution in [0.25, 0.3) is 0 Å². The molecule has 0 heterocycles. The molecule has 0 radical (unpaired) electrons. The Hall–Kier alpha value is -1.11. The number of benzene rings is 1. The molecule has 0 saturated heterocycles. The number of amides is 1. The van der Waals surface area contributed by atoms with Crippen molar-refractivity contribution >= 4 is 33.2 Å². The van der Waals surface area contributed by atoms with Gasteiger partial charge in [0.2, 0.25) is 15.9 Å². The first-order chi connectivity index (χ1) is 8.49. The van der Waals surface area contributed by atoms with Crippen LogP contribution in [0.4, 0.5) is 5.69 Å². The second-order valence-electron chi connectivity index (χ2n) is 5.47. The van der Waals surface area contributed by atoms with Gasteiger partial charge in [0.05, 0.1) is 15.6 Å². The van der Waals surface area contributed by atoms with E-state index in [-0.39, 0.29) is 21.2 Å². The lowest BCUT2D eigenvalue weighted by Gasteiger charge is -2.17. The van der Waals surface area contributed by atoms with Crippen molar-refractivity contribution in [3.63, 3.8) is 0 Å². The third kappa shape index (κ3) is 5.18. The molecular weight excluding hydrogens is 288 g/mol. The van der Waals surface area contributed by atoms with Crippen molar-refractivity contribution in [1.29, 1.82) is 0 Å². The highest BCUT2D eigenvalue weighted by atomic mass is 35.5. The van der Waals surface area contributed by atoms with Crippen LogP contribution in [0.1, 0.15) is 27.2 Å². The molecule has 0 aliphatic rings. The highest BCUT2D eigenvalue weighted by molar-refractivity contribution is 7.89. The van der Waals surface area contributed by atoms with Gasteiger partial charge < -0.3 is 5.32 Å². The number of carbonyl (C=O) groups is 1. The zero-order valence-electron chi connectivity index (χ0n) is 11.0. The summed E-state index contributed by atoms with van der Waals surface area (Å²) in [6.45, 7) is 5.83. The molecule has 0 aliphatic heterocycles. The Bertz CT molecular complexity index is 591. The van der Waals surface area contributed by atoms with Gasteiger partial charge in [0.1, 0.15) is 0 Å². The predicted molar refractivity (Wildman–Crippen MR) is 75.5 cm³/mol. The van der Waals surface area contributed by atoms with Gasteiger partial charge in [-0.15, -0.1) is 0 Å². The quantitative estimate of drug-likeness (QED) is 0.898. The third-order valence-electron chi connectivity index (χ3n) is 2.23. The summed E-state index contributed by atoms with van der Waals surface area (Å²) in [6, 6.07) is 3.93. The van der Waals surface area contributed by atoms with E-state index in [1.807, 2.05) is 20.8 Å². The second-order valence-corrected chi connectivity index (χ2v) is 7.44. The third-order valence-corrected chi connectivity index (χ3v) is 3.46. The van der Waals surface area contributed by atoms with Crippen LogP contribution in [0.2, 0.25) is 5.02 Å². The fourth-order valence-corrected chi connectivity index (χ4v) is 2.28. The molecule has 1 aromatic carbocycles. The van der Waals surface area contributed by atoms with Gasteiger partial charge in [-0.3, -0.25) is 4.79 Å². The number of hydrogen-bond donors (Lipinski definition) is 2. The molecule has 0 aliphatic carbocycles. The van der Waals surface area contributed by atoms with E-state index in [4.69, 9.17) is 16.7 Å². The molecule has 3 N–H and O–H groups in total. The SMILES string of the molecule is CC(C)(C)CC(=O)Nc1ccc(S(N)(=O)=O)cc1Cl. The highest BCUT2D eigenvalue weighted by Gasteiger charge is 2.17. The number of halogens is 1. The molecule has 0 saturated carbocycles. The van der Waals surface area contributed by atoms with Crippen LogP contribution in [0.5, 0.6) is 0 Å². The molecule has 1 aromatic rings. The normalized spacial score (nSPS) is 12.3. The fraction of sp³-hybridized carbons (Fsp3) is 0.417. The van der Waals surface area contributed by atoms with E-state index in [2.05, 4.69) is 5.32 Å². The van der Waals surface area contributed by atoms with Crippen molar-refractivity contribution in [1.82, 2.24) is 0 Å². The van der Waals surface area contributed by atoms with Crippen molar-refractivity contribution in [2.75, 3.05) is 5.32 Å². The zero-order chi connectivity index (χ0) is 14.8. The Labute approximate surface area is 118 Å². The lowest BCUT2D eigenvalue weighted by atomic mass is 9.92. The minimum absolute atomic E-state index is 0.0914. The topological polar surface area (TPSA) is 89.3 Å². The van der Waals surface area contributed by atoms with E-state index >= 15 is 0 Å². The Balaban J connectivity index is 2.90. The number of anilines is 1. The van der Waals surface area contributed by atoms with Crippen LogP contribution in [0, 0.1) is 5.41 Å². The van der Waals surface area contributed by atoms with Crippen molar-refractivity contribution < 1.29 is 13.2 Å². The molecule has 0 unspecified atom stereocenters. The molecule has 0 fully saturated rings.